The predicted octanol–water partition coefficient (Wildman–Crippen LogP) is 3.61. The minimum Gasteiger partial charge on any atom is -0.383 e. The second-order valence-electron chi connectivity index (χ2n) is 5.79. The Hall–Kier alpha value is -1.02. The van der Waals surface area contributed by atoms with Gasteiger partial charge in [0.05, 0.1) is 0 Å². The fourth-order valence-corrected chi connectivity index (χ4v) is 3.02. The molecule has 2 heteroatoms. The van der Waals surface area contributed by atoms with Crippen LogP contribution in [0, 0.1) is 5.92 Å². The number of hydrogen-bond acceptors (Lipinski definition) is 2. The Morgan fingerprint density at radius 1 is 1.22 bits per heavy atom. The van der Waals surface area contributed by atoms with Crippen LogP contribution < -0.4 is 5.32 Å². The molecule has 1 fully saturated rings. The van der Waals surface area contributed by atoms with E-state index in [2.05, 4.69) is 61.3 Å². The maximum atomic E-state index is 3.54. The third-order valence-electron chi connectivity index (χ3n) is 4.05. The van der Waals surface area contributed by atoms with Crippen molar-refractivity contribution in [2.75, 3.05) is 18.4 Å². The van der Waals surface area contributed by atoms with E-state index in [9.17, 15) is 0 Å². The number of nitrogens with zero attached hydrogens (tertiary/aromatic N) is 1. The molecule has 100 valence electrons. The van der Waals surface area contributed by atoms with Crippen molar-refractivity contribution < 1.29 is 0 Å². The third-order valence-corrected chi connectivity index (χ3v) is 4.05. The molecule has 0 aromatic heterocycles. The third kappa shape index (κ3) is 3.26. The Labute approximate surface area is 111 Å². The second kappa shape index (κ2) is 6.24. The number of likely N-dealkylation sites (tertiary alicyclic amines) is 1. The van der Waals surface area contributed by atoms with E-state index in [4.69, 9.17) is 0 Å². The fourth-order valence-electron chi connectivity index (χ4n) is 3.02. The molecule has 2 rings (SSSR count). The quantitative estimate of drug-likeness (QED) is 0.854. The largest absolute Gasteiger partial charge is 0.383 e. The lowest BCUT2D eigenvalue weighted by Gasteiger charge is -2.33. The molecule has 2 atom stereocenters. The molecule has 1 N–H and O–H groups in total. The topological polar surface area (TPSA) is 15.3 Å². The zero-order valence-electron chi connectivity index (χ0n) is 11.9. The highest BCUT2D eigenvalue weighted by Crippen LogP contribution is 2.25. The lowest BCUT2D eigenvalue weighted by Crippen LogP contribution is -2.43. The molecule has 0 radical (unpaired) electrons. The van der Waals surface area contributed by atoms with Gasteiger partial charge in [0.2, 0.25) is 0 Å². The summed E-state index contributed by atoms with van der Waals surface area (Å²) in [6, 6.07) is 11.9. The Kier molecular flexibility index (Phi) is 4.65. The molecule has 1 aromatic rings. The van der Waals surface area contributed by atoms with Crippen molar-refractivity contribution in [1.29, 1.82) is 0 Å². The van der Waals surface area contributed by atoms with Gasteiger partial charge < -0.3 is 5.32 Å². The maximum Gasteiger partial charge on any atom is 0.0340 e. The number of para-hydroxylation sites is 1. The molecular weight excluding hydrogens is 220 g/mol. The lowest BCUT2D eigenvalue weighted by atomic mass is 10.0. The van der Waals surface area contributed by atoms with Crippen molar-refractivity contribution in [1.82, 2.24) is 4.90 Å². The Morgan fingerprint density at radius 3 is 2.61 bits per heavy atom. The average molecular weight is 246 g/mol. The highest BCUT2D eigenvalue weighted by Gasteiger charge is 2.30. The molecule has 0 spiro atoms. The zero-order valence-corrected chi connectivity index (χ0v) is 11.9. The maximum absolute atomic E-state index is 3.54. The first-order chi connectivity index (χ1) is 8.68. The monoisotopic (exact) mass is 246 g/mol. The number of benzene rings is 1. The van der Waals surface area contributed by atoms with Crippen molar-refractivity contribution in [3.8, 4) is 0 Å². The molecule has 2 unspecified atom stereocenters. The lowest BCUT2D eigenvalue weighted by molar-refractivity contribution is 0.162. The molecule has 0 aliphatic carbocycles. The van der Waals surface area contributed by atoms with Crippen LogP contribution in [-0.4, -0.2) is 30.1 Å². The number of nitrogens with one attached hydrogen (secondary N) is 1. The fraction of sp³-hybridized carbons (Fsp3) is 0.625. The van der Waals surface area contributed by atoms with Gasteiger partial charge in [-0.2, -0.15) is 0 Å². The van der Waals surface area contributed by atoms with Crippen molar-refractivity contribution >= 4 is 5.69 Å². The molecule has 1 heterocycles. The van der Waals surface area contributed by atoms with Crippen LogP contribution >= 0.6 is 0 Å². The summed E-state index contributed by atoms with van der Waals surface area (Å²) in [6.45, 7) is 9.34. The molecule has 18 heavy (non-hydrogen) atoms. The van der Waals surface area contributed by atoms with E-state index in [0.29, 0.717) is 6.04 Å². The van der Waals surface area contributed by atoms with Gasteiger partial charge in [0, 0.05) is 24.3 Å². The van der Waals surface area contributed by atoms with Gasteiger partial charge in [-0.15, -0.1) is 0 Å². The molecule has 1 aliphatic rings. The van der Waals surface area contributed by atoms with Crippen LogP contribution in [0.25, 0.3) is 0 Å². The first kappa shape index (κ1) is 13.4. The molecule has 1 saturated heterocycles. The van der Waals surface area contributed by atoms with Gasteiger partial charge in [-0.05, 0) is 44.4 Å². The average Bonchev–Trinajstić information content (AvgIpc) is 2.86. The van der Waals surface area contributed by atoms with Crippen LogP contribution in [0.3, 0.4) is 0 Å². The molecule has 0 saturated carbocycles. The Bertz CT molecular complexity index is 347. The summed E-state index contributed by atoms with van der Waals surface area (Å²) in [5.74, 6) is 0.770. The predicted molar refractivity (Wildman–Crippen MR) is 79.0 cm³/mol. The molecule has 0 bridgehead atoms. The number of anilines is 1. The summed E-state index contributed by atoms with van der Waals surface area (Å²) >= 11 is 0. The van der Waals surface area contributed by atoms with Crippen LogP contribution in [-0.2, 0) is 0 Å². The van der Waals surface area contributed by atoms with E-state index < -0.39 is 0 Å². The van der Waals surface area contributed by atoms with Gasteiger partial charge in [0.1, 0.15) is 0 Å². The summed E-state index contributed by atoms with van der Waals surface area (Å²) in [7, 11) is 0. The van der Waals surface area contributed by atoms with E-state index in [0.717, 1.165) is 18.5 Å². The van der Waals surface area contributed by atoms with Gasteiger partial charge in [-0.25, -0.2) is 0 Å². The number of hydrogen-bond donors (Lipinski definition) is 1. The van der Waals surface area contributed by atoms with Gasteiger partial charge in [0.15, 0.2) is 0 Å². The van der Waals surface area contributed by atoms with Gasteiger partial charge in [-0.3, -0.25) is 4.90 Å². The highest BCUT2D eigenvalue weighted by molar-refractivity contribution is 5.42. The molecular formula is C16H26N2. The van der Waals surface area contributed by atoms with Crippen LogP contribution in [0.1, 0.15) is 33.6 Å². The van der Waals surface area contributed by atoms with Crippen molar-refractivity contribution in [3.05, 3.63) is 30.3 Å². The SMILES string of the molecule is CC(C)C1CCCN1C(C)CNc1ccccc1. The van der Waals surface area contributed by atoms with Gasteiger partial charge in [-0.1, -0.05) is 32.0 Å². The normalized spacial score (nSPS) is 22.3. The Morgan fingerprint density at radius 2 is 1.94 bits per heavy atom. The summed E-state index contributed by atoms with van der Waals surface area (Å²) in [4.78, 5) is 2.68. The van der Waals surface area contributed by atoms with E-state index >= 15 is 0 Å². The van der Waals surface area contributed by atoms with Crippen molar-refractivity contribution in [2.24, 2.45) is 5.92 Å². The molecule has 2 nitrogen and oxygen atoms in total. The first-order valence-corrected chi connectivity index (χ1v) is 7.23. The van der Waals surface area contributed by atoms with Crippen LogP contribution in [0.2, 0.25) is 0 Å². The molecule has 0 amide bonds. The summed E-state index contributed by atoms with van der Waals surface area (Å²) in [6.07, 6.45) is 2.73. The molecule has 1 aromatic carbocycles. The molecule has 1 aliphatic heterocycles. The highest BCUT2D eigenvalue weighted by atomic mass is 15.2. The standard InChI is InChI=1S/C16H26N2/c1-13(2)16-10-7-11-18(16)14(3)12-17-15-8-5-4-6-9-15/h4-6,8-9,13-14,16-17H,7,10-12H2,1-3H3. The van der Waals surface area contributed by atoms with Crippen molar-refractivity contribution in [2.45, 2.75) is 45.7 Å². The minimum atomic E-state index is 0.611. The second-order valence-corrected chi connectivity index (χ2v) is 5.79. The number of rotatable bonds is 5. The van der Waals surface area contributed by atoms with Gasteiger partial charge in [0.25, 0.3) is 0 Å². The van der Waals surface area contributed by atoms with Gasteiger partial charge >= 0.3 is 0 Å². The summed E-state index contributed by atoms with van der Waals surface area (Å²) < 4.78 is 0. The van der Waals surface area contributed by atoms with Crippen LogP contribution in [0.15, 0.2) is 30.3 Å². The summed E-state index contributed by atoms with van der Waals surface area (Å²) in [5, 5.41) is 3.54. The van der Waals surface area contributed by atoms with E-state index in [1.165, 1.54) is 25.1 Å². The van der Waals surface area contributed by atoms with E-state index in [1.807, 2.05) is 0 Å². The van der Waals surface area contributed by atoms with Crippen LogP contribution in [0.5, 0.6) is 0 Å². The summed E-state index contributed by atoms with van der Waals surface area (Å²) in [5.41, 5.74) is 1.23. The Balaban J connectivity index is 1.86. The van der Waals surface area contributed by atoms with Crippen molar-refractivity contribution in [3.63, 3.8) is 0 Å². The van der Waals surface area contributed by atoms with Crippen LogP contribution in [0.4, 0.5) is 5.69 Å². The minimum absolute atomic E-state index is 0.611. The smallest absolute Gasteiger partial charge is 0.0340 e. The first-order valence-electron chi connectivity index (χ1n) is 7.23. The van der Waals surface area contributed by atoms with E-state index in [-0.39, 0.29) is 0 Å². The van der Waals surface area contributed by atoms with E-state index in [1.54, 1.807) is 0 Å². The zero-order chi connectivity index (χ0) is 13.0.